The van der Waals surface area contributed by atoms with Crippen molar-refractivity contribution >= 4 is 50.5 Å². The number of rotatable bonds is 7. The normalized spacial score (nSPS) is 15.3. The number of nitro benzene ring substituents is 1. The highest BCUT2D eigenvalue weighted by atomic mass is 35.5. The van der Waals surface area contributed by atoms with Crippen LogP contribution in [0.4, 0.5) is 11.4 Å². The lowest BCUT2D eigenvalue weighted by molar-refractivity contribution is -0.384. The van der Waals surface area contributed by atoms with E-state index in [4.69, 9.17) is 27.9 Å². The predicted octanol–water partition coefficient (Wildman–Crippen LogP) is 4.09. The van der Waals surface area contributed by atoms with Crippen molar-refractivity contribution in [2.45, 2.75) is 18.6 Å². The van der Waals surface area contributed by atoms with E-state index < -0.39 is 20.9 Å². The second-order valence-corrected chi connectivity index (χ2v) is 10.1. The van der Waals surface area contributed by atoms with Crippen molar-refractivity contribution in [2.75, 3.05) is 25.5 Å². The summed E-state index contributed by atoms with van der Waals surface area (Å²) in [4.78, 5) is 23.2. The van der Waals surface area contributed by atoms with Crippen LogP contribution in [0.25, 0.3) is 0 Å². The number of nitrogens with zero attached hydrogens (tertiary/aromatic N) is 2. The van der Waals surface area contributed by atoms with E-state index >= 15 is 0 Å². The number of nitro groups is 1. The Hall–Kier alpha value is -2.40. The van der Waals surface area contributed by atoms with Crippen LogP contribution in [0.1, 0.15) is 18.4 Å². The lowest BCUT2D eigenvalue weighted by Gasteiger charge is -2.30. The van der Waals surface area contributed by atoms with Gasteiger partial charge in [0.25, 0.3) is 5.69 Å². The van der Waals surface area contributed by atoms with E-state index in [-0.39, 0.29) is 41.1 Å². The Bertz CT molecular complexity index is 1130. The van der Waals surface area contributed by atoms with Gasteiger partial charge in [0.05, 0.1) is 33.5 Å². The monoisotopic (exact) mass is 501 g/mol. The van der Waals surface area contributed by atoms with Crippen molar-refractivity contribution in [1.29, 1.82) is 0 Å². The van der Waals surface area contributed by atoms with Crippen LogP contribution in [-0.2, 0) is 20.6 Å². The molecular formula is C20H21Cl2N3O6S. The number of sulfonamides is 1. The average Bonchev–Trinajstić information content (AvgIpc) is 2.76. The average molecular weight is 502 g/mol. The molecule has 1 saturated heterocycles. The van der Waals surface area contributed by atoms with Gasteiger partial charge in [-0.15, -0.1) is 0 Å². The maximum absolute atomic E-state index is 12.8. The van der Waals surface area contributed by atoms with E-state index in [9.17, 15) is 23.3 Å². The number of nitrogens with one attached hydrogen (secondary N) is 1. The number of amides is 1. The zero-order chi connectivity index (χ0) is 23.5. The number of non-ortho nitro benzene ring substituents is 1. The van der Waals surface area contributed by atoms with Crippen LogP contribution in [0.5, 0.6) is 5.75 Å². The smallest absolute Gasteiger partial charge is 0.271 e. The van der Waals surface area contributed by atoms with Crippen molar-refractivity contribution in [2.24, 2.45) is 5.92 Å². The van der Waals surface area contributed by atoms with Crippen LogP contribution in [0.3, 0.4) is 0 Å². The van der Waals surface area contributed by atoms with E-state index in [0.717, 1.165) is 0 Å². The Balaban J connectivity index is 1.62. The van der Waals surface area contributed by atoms with Gasteiger partial charge in [0.2, 0.25) is 15.9 Å². The van der Waals surface area contributed by atoms with Crippen molar-refractivity contribution in [3.63, 3.8) is 0 Å². The molecule has 0 bridgehead atoms. The third-order valence-corrected chi connectivity index (χ3v) is 7.79. The van der Waals surface area contributed by atoms with E-state index in [1.165, 1.54) is 35.7 Å². The molecule has 9 nitrogen and oxygen atoms in total. The molecule has 1 N–H and O–H groups in total. The van der Waals surface area contributed by atoms with Gasteiger partial charge in [0.1, 0.15) is 5.75 Å². The SMILES string of the molecule is COc1ccc([N+](=O)[O-])cc1NC(=O)C1CCN(S(=O)(=O)Cc2ccc(Cl)c(Cl)c2)CC1. The number of anilines is 1. The molecule has 0 unspecified atom stereocenters. The van der Waals surface area contributed by atoms with Gasteiger partial charge >= 0.3 is 0 Å². The third-order valence-electron chi connectivity index (χ3n) is 5.20. The van der Waals surface area contributed by atoms with Gasteiger partial charge in [0, 0.05) is 31.1 Å². The van der Waals surface area contributed by atoms with E-state index in [0.29, 0.717) is 29.2 Å². The van der Waals surface area contributed by atoms with E-state index in [1.807, 2.05) is 0 Å². The molecular weight excluding hydrogens is 481 g/mol. The molecule has 0 spiro atoms. The molecule has 2 aromatic carbocycles. The first-order valence-electron chi connectivity index (χ1n) is 9.66. The summed E-state index contributed by atoms with van der Waals surface area (Å²) in [6.45, 7) is 0.377. The molecule has 172 valence electrons. The Morgan fingerprint density at radius 2 is 1.88 bits per heavy atom. The van der Waals surface area contributed by atoms with Gasteiger partial charge in [-0.1, -0.05) is 29.3 Å². The van der Waals surface area contributed by atoms with Gasteiger partial charge in [-0.2, -0.15) is 0 Å². The van der Waals surface area contributed by atoms with Gasteiger partial charge in [-0.05, 0) is 36.6 Å². The van der Waals surface area contributed by atoms with Crippen LogP contribution in [0.15, 0.2) is 36.4 Å². The minimum atomic E-state index is -3.59. The van der Waals surface area contributed by atoms with Crippen LogP contribution < -0.4 is 10.1 Å². The summed E-state index contributed by atoms with van der Waals surface area (Å²) in [5.41, 5.74) is 0.544. The zero-order valence-electron chi connectivity index (χ0n) is 17.1. The Morgan fingerprint density at radius 1 is 1.19 bits per heavy atom. The van der Waals surface area contributed by atoms with Crippen LogP contribution in [-0.4, -0.2) is 43.8 Å². The number of carbonyl (C=O) groups is 1. The summed E-state index contributed by atoms with van der Waals surface area (Å²) in [5.74, 6) is -0.697. The summed E-state index contributed by atoms with van der Waals surface area (Å²) >= 11 is 11.8. The predicted molar refractivity (Wildman–Crippen MR) is 122 cm³/mol. The molecule has 0 saturated carbocycles. The molecule has 1 aliphatic rings. The number of hydrogen-bond acceptors (Lipinski definition) is 6. The number of benzene rings is 2. The van der Waals surface area contributed by atoms with Crippen molar-refractivity contribution < 1.29 is 22.9 Å². The number of methoxy groups -OCH3 is 1. The number of piperidine rings is 1. The summed E-state index contributed by atoms with van der Waals surface area (Å²) in [7, 11) is -2.20. The quantitative estimate of drug-likeness (QED) is 0.450. The Labute approximate surface area is 195 Å². The minimum Gasteiger partial charge on any atom is -0.495 e. The topological polar surface area (TPSA) is 119 Å². The second kappa shape index (κ2) is 10.0. The van der Waals surface area contributed by atoms with Crippen molar-refractivity contribution in [3.8, 4) is 5.75 Å². The molecule has 2 aromatic rings. The first-order chi connectivity index (χ1) is 15.1. The fourth-order valence-corrected chi connectivity index (χ4v) is 5.34. The lowest BCUT2D eigenvalue weighted by Crippen LogP contribution is -2.41. The van der Waals surface area contributed by atoms with Crippen LogP contribution in [0, 0.1) is 16.0 Å². The molecule has 0 aromatic heterocycles. The number of halogens is 2. The van der Waals surface area contributed by atoms with Gasteiger partial charge in [-0.25, -0.2) is 12.7 Å². The van der Waals surface area contributed by atoms with Crippen LogP contribution >= 0.6 is 23.2 Å². The van der Waals surface area contributed by atoms with E-state index in [1.54, 1.807) is 12.1 Å². The molecule has 32 heavy (non-hydrogen) atoms. The van der Waals surface area contributed by atoms with Gasteiger partial charge in [-0.3, -0.25) is 14.9 Å². The van der Waals surface area contributed by atoms with Crippen molar-refractivity contribution in [1.82, 2.24) is 4.31 Å². The molecule has 1 aliphatic heterocycles. The van der Waals surface area contributed by atoms with Crippen molar-refractivity contribution in [3.05, 3.63) is 62.1 Å². The first kappa shape index (κ1) is 24.2. The molecule has 1 fully saturated rings. The molecule has 0 atom stereocenters. The summed E-state index contributed by atoms with van der Waals surface area (Å²) in [6.07, 6.45) is 0.646. The Kier molecular flexibility index (Phi) is 7.60. The van der Waals surface area contributed by atoms with Crippen LogP contribution in [0.2, 0.25) is 10.0 Å². The molecule has 1 amide bonds. The Morgan fingerprint density at radius 3 is 2.47 bits per heavy atom. The first-order valence-corrected chi connectivity index (χ1v) is 12.0. The maximum atomic E-state index is 12.8. The zero-order valence-corrected chi connectivity index (χ0v) is 19.4. The summed E-state index contributed by atoms with van der Waals surface area (Å²) in [6, 6.07) is 8.60. The van der Waals surface area contributed by atoms with E-state index in [2.05, 4.69) is 5.32 Å². The second-order valence-electron chi connectivity index (χ2n) is 7.31. The lowest BCUT2D eigenvalue weighted by atomic mass is 9.97. The molecule has 12 heteroatoms. The van der Waals surface area contributed by atoms with Gasteiger partial charge in [0.15, 0.2) is 0 Å². The summed E-state index contributed by atoms with van der Waals surface area (Å²) < 4.78 is 32.1. The highest BCUT2D eigenvalue weighted by Crippen LogP contribution is 2.31. The largest absolute Gasteiger partial charge is 0.495 e. The molecule has 0 aliphatic carbocycles. The summed E-state index contributed by atoms with van der Waals surface area (Å²) in [5, 5.41) is 14.3. The number of carbonyl (C=O) groups excluding carboxylic acids is 1. The van der Waals surface area contributed by atoms with Gasteiger partial charge < -0.3 is 10.1 Å². The molecule has 3 rings (SSSR count). The maximum Gasteiger partial charge on any atom is 0.271 e. The highest BCUT2D eigenvalue weighted by molar-refractivity contribution is 7.88. The fraction of sp³-hybridized carbons (Fsp3) is 0.350. The highest BCUT2D eigenvalue weighted by Gasteiger charge is 2.31. The molecule has 0 radical (unpaired) electrons. The standard InChI is InChI=1S/C20H21Cl2N3O6S/c1-31-19-5-3-15(25(27)28)11-18(19)23-20(26)14-6-8-24(9-7-14)32(29,30)12-13-2-4-16(21)17(22)10-13/h2-5,10-11,14H,6-9,12H2,1H3,(H,23,26). The fourth-order valence-electron chi connectivity index (χ4n) is 3.47. The molecule has 1 heterocycles. The number of hydrogen-bond donors (Lipinski definition) is 1. The minimum absolute atomic E-state index is 0.177. The number of ether oxygens (including phenoxy) is 1. The third kappa shape index (κ3) is 5.69.